The molecule has 1 amide bonds. The molecule has 7 heteroatoms. The molecule has 2 aromatic rings. The van der Waals surface area contributed by atoms with E-state index >= 15 is 0 Å². The van der Waals surface area contributed by atoms with Crippen LogP contribution in [0, 0.1) is 0 Å². The highest BCUT2D eigenvalue weighted by atomic mass is 16.6. The van der Waals surface area contributed by atoms with Gasteiger partial charge in [0, 0.05) is 18.0 Å². The van der Waals surface area contributed by atoms with Gasteiger partial charge in [-0.15, -0.1) is 0 Å². The van der Waals surface area contributed by atoms with Gasteiger partial charge in [0.2, 0.25) is 0 Å². The van der Waals surface area contributed by atoms with E-state index in [4.69, 9.17) is 15.2 Å². The van der Waals surface area contributed by atoms with Crippen LogP contribution in [0.4, 0.5) is 10.5 Å². The van der Waals surface area contributed by atoms with Crippen molar-refractivity contribution in [2.75, 3.05) is 5.32 Å². The maximum absolute atomic E-state index is 12.6. The van der Waals surface area contributed by atoms with E-state index in [9.17, 15) is 4.79 Å². The number of aromatic nitrogens is 1. The molecule has 4 N–H and O–H groups in total. The third-order valence-electron chi connectivity index (χ3n) is 4.46. The molecule has 0 saturated heterocycles. The highest BCUT2D eigenvalue weighted by Gasteiger charge is 2.34. The van der Waals surface area contributed by atoms with Crippen molar-refractivity contribution in [3.63, 3.8) is 0 Å². The van der Waals surface area contributed by atoms with Crippen molar-refractivity contribution in [3.05, 3.63) is 65.4 Å². The third-order valence-corrected chi connectivity index (χ3v) is 4.46. The minimum absolute atomic E-state index is 0.452. The van der Waals surface area contributed by atoms with Crippen LogP contribution in [0.2, 0.25) is 0 Å². The number of ether oxygens (including phenoxy) is 2. The number of anilines is 1. The fraction of sp³-hybridized carbons (Fsp3) is 0.333. The Kier molecular flexibility index (Phi) is 4.93. The number of hydrogen-bond donors (Lipinski definition) is 3. The van der Waals surface area contributed by atoms with Gasteiger partial charge in [0.25, 0.3) is 0 Å². The second-order valence-corrected chi connectivity index (χ2v) is 7.90. The van der Waals surface area contributed by atoms with Crippen molar-refractivity contribution in [1.82, 2.24) is 10.3 Å². The maximum Gasteiger partial charge on any atom is 0.408 e. The summed E-state index contributed by atoms with van der Waals surface area (Å²) in [6.07, 6.45) is 2.89. The van der Waals surface area contributed by atoms with Gasteiger partial charge < -0.3 is 25.8 Å². The quantitative estimate of drug-likeness (QED) is 0.746. The molecule has 0 saturated carbocycles. The molecule has 0 fully saturated rings. The van der Waals surface area contributed by atoms with Crippen molar-refractivity contribution in [2.24, 2.45) is 5.73 Å². The molecule has 28 heavy (non-hydrogen) atoms. The second-order valence-electron chi connectivity index (χ2n) is 7.90. The van der Waals surface area contributed by atoms with E-state index in [0.717, 1.165) is 16.8 Å². The van der Waals surface area contributed by atoms with Crippen LogP contribution in [0.15, 0.2) is 54.3 Å². The highest BCUT2D eigenvalue weighted by molar-refractivity contribution is 5.71. The van der Waals surface area contributed by atoms with Crippen LogP contribution in [-0.4, -0.2) is 16.7 Å². The van der Waals surface area contributed by atoms with Crippen LogP contribution < -0.4 is 21.1 Å². The van der Waals surface area contributed by atoms with Crippen molar-refractivity contribution in [2.45, 2.75) is 45.8 Å². The molecule has 0 spiro atoms. The molecule has 148 valence electrons. The number of alkyl carbamates (subject to hydrolysis) is 1. The molecular formula is C21H26N4O3. The number of nitrogens with zero attached hydrogens (tertiary/aromatic N) is 1. The number of allylic oxidation sites excluding steroid dienone is 1. The van der Waals surface area contributed by atoms with Gasteiger partial charge in [-0.25, -0.2) is 4.79 Å². The Morgan fingerprint density at radius 3 is 2.61 bits per heavy atom. The molecule has 0 radical (unpaired) electrons. The summed E-state index contributed by atoms with van der Waals surface area (Å²) in [6.45, 7) is 9.18. The molecule has 1 aromatic heterocycles. The number of rotatable bonds is 3. The molecule has 2 heterocycles. The summed E-state index contributed by atoms with van der Waals surface area (Å²) in [6, 6.07) is 9.39. The molecule has 0 bridgehead atoms. The van der Waals surface area contributed by atoms with E-state index in [2.05, 4.69) is 15.6 Å². The van der Waals surface area contributed by atoms with Crippen LogP contribution in [0.25, 0.3) is 0 Å². The van der Waals surface area contributed by atoms with E-state index < -0.39 is 17.2 Å². The molecule has 1 unspecified atom stereocenters. The molecule has 1 atom stereocenters. The van der Waals surface area contributed by atoms with Gasteiger partial charge in [-0.05, 0) is 58.4 Å². The summed E-state index contributed by atoms with van der Waals surface area (Å²) in [5.74, 6) is 1.73. The zero-order chi connectivity index (χ0) is 20.5. The van der Waals surface area contributed by atoms with Gasteiger partial charge in [-0.2, -0.15) is 0 Å². The topological polar surface area (TPSA) is 98.5 Å². The van der Waals surface area contributed by atoms with Crippen LogP contribution in [-0.2, 0) is 10.3 Å². The smallest absolute Gasteiger partial charge is 0.408 e. The average molecular weight is 382 g/mol. The highest BCUT2D eigenvalue weighted by Crippen LogP contribution is 2.37. The number of nitrogens with one attached hydrogen (secondary N) is 2. The lowest BCUT2D eigenvalue weighted by molar-refractivity contribution is 0.0479. The first-order valence-corrected chi connectivity index (χ1v) is 9.06. The lowest BCUT2D eigenvalue weighted by atomic mass is 9.85. The largest absolute Gasteiger partial charge is 0.456 e. The standard InChI is InChI=1S/C21H26N4O3/c1-13-18(22)24-16-11-14(8-9-17(16)27-13)21(5,15-7-6-10-23-12-15)25-19(26)28-20(2,3)4/h6-12,24H,22H2,1-5H3,(H,25,26). The number of amides is 1. The van der Waals surface area contributed by atoms with Crippen LogP contribution in [0.1, 0.15) is 45.7 Å². The van der Waals surface area contributed by atoms with Crippen molar-refractivity contribution in [3.8, 4) is 5.75 Å². The minimum Gasteiger partial charge on any atom is -0.456 e. The van der Waals surface area contributed by atoms with Crippen LogP contribution in [0.3, 0.4) is 0 Å². The number of pyridine rings is 1. The molecular weight excluding hydrogens is 356 g/mol. The Balaban J connectivity index is 2.02. The molecule has 1 aliphatic heterocycles. The van der Waals surface area contributed by atoms with Gasteiger partial charge in [0.15, 0.2) is 5.75 Å². The van der Waals surface area contributed by atoms with Gasteiger partial charge in [0.1, 0.15) is 17.2 Å². The van der Waals surface area contributed by atoms with E-state index in [1.807, 2.05) is 58.0 Å². The normalized spacial score (nSPS) is 15.6. The second kappa shape index (κ2) is 7.07. The molecule has 1 aliphatic rings. The predicted molar refractivity (Wildman–Crippen MR) is 108 cm³/mol. The molecule has 7 nitrogen and oxygen atoms in total. The fourth-order valence-electron chi connectivity index (χ4n) is 2.96. The third kappa shape index (κ3) is 4.03. The molecule has 1 aromatic carbocycles. The van der Waals surface area contributed by atoms with E-state index in [1.165, 1.54) is 0 Å². The Morgan fingerprint density at radius 1 is 1.21 bits per heavy atom. The number of benzene rings is 1. The predicted octanol–water partition coefficient (Wildman–Crippen LogP) is 3.82. The zero-order valence-electron chi connectivity index (χ0n) is 16.8. The first-order chi connectivity index (χ1) is 13.1. The summed E-state index contributed by atoms with van der Waals surface area (Å²) >= 11 is 0. The SMILES string of the molecule is CC1=C(N)Nc2cc(C(C)(NC(=O)OC(C)(C)C)c3cccnc3)ccc2O1. The maximum atomic E-state index is 12.6. The Bertz CT molecular complexity index is 919. The Morgan fingerprint density at radius 2 is 1.96 bits per heavy atom. The van der Waals surface area contributed by atoms with E-state index in [1.54, 1.807) is 19.3 Å². The van der Waals surface area contributed by atoms with Crippen molar-refractivity contribution >= 4 is 11.8 Å². The van der Waals surface area contributed by atoms with E-state index in [-0.39, 0.29) is 0 Å². The summed E-state index contributed by atoms with van der Waals surface area (Å²) < 4.78 is 11.2. The van der Waals surface area contributed by atoms with Gasteiger partial charge >= 0.3 is 6.09 Å². The monoisotopic (exact) mass is 382 g/mol. The molecule has 3 rings (SSSR count). The van der Waals surface area contributed by atoms with Gasteiger partial charge in [-0.1, -0.05) is 12.1 Å². The minimum atomic E-state index is -0.877. The summed E-state index contributed by atoms with van der Waals surface area (Å²) in [4.78, 5) is 16.8. The lowest BCUT2D eigenvalue weighted by Crippen LogP contribution is -2.46. The summed E-state index contributed by atoms with van der Waals surface area (Å²) in [5, 5.41) is 6.13. The number of carbonyl (C=O) groups excluding carboxylic acids is 1. The number of fused-ring (bicyclic) bond motifs is 1. The Labute approximate surface area is 164 Å². The van der Waals surface area contributed by atoms with E-state index in [0.29, 0.717) is 17.3 Å². The van der Waals surface area contributed by atoms with Crippen molar-refractivity contribution < 1.29 is 14.3 Å². The van der Waals surface area contributed by atoms with Gasteiger partial charge in [-0.3, -0.25) is 4.98 Å². The average Bonchev–Trinajstić information content (AvgIpc) is 2.61. The van der Waals surface area contributed by atoms with Crippen LogP contribution in [0.5, 0.6) is 5.75 Å². The van der Waals surface area contributed by atoms with Crippen molar-refractivity contribution in [1.29, 1.82) is 0 Å². The number of hydrogen-bond acceptors (Lipinski definition) is 6. The number of nitrogens with two attached hydrogens (primary N) is 1. The first-order valence-electron chi connectivity index (χ1n) is 9.06. The first kappa shape index (κ1) is 19.5. The lowest BCUT2D eigenvalue weighted by Gasteiger charge is -2.34. The Hall–Kier alpha value is -3.22. The van der Waals surface area contributed by atoms with Gasteiger partial charge in [0.05, 0.1) is 11.2 Å². The zero-order valence-corrected chi connectivity index (χ0v) is 16.8. The summed E-state index contributed by atoms with van der Waals surface area (Å²) in [5.41, 5.74) is 6.84. The molecule has 0 aliphatic carbocycles. The number of carbonyl (C=O) groups is 1. The summed E-state index contributed by atoms with van der Waals surface area (Å²) in [7, 11) is 0. The van der Waals surface area contributed by atoms with Crippen LogP contribution >= 0.6 is 0 Å². The fourth-order valence-corrected chi connectivity index (χ4v) is 2.96.